The normalized spacial score (nSPS) is 30.6. The first kappa shape index (κ1) is 8.79. The Balaban J connectivity index is 2.10. The summed E-state index contributed by atoms with van der Waals surface area (Å²) in [5, 5.41) is 9.46. The van der Waals surface area contributed by atoms with Gasteiger partial charge in [-0.25, -0.2) is 0 Å². The van der Waals surface area contributed by atoms with E-state index in [9.17, 15) is 5.11 Å². The Hall–Kier alpha value is -0.300. The van der Waals surface area contributed by atoms with E-state index in [0.29, 0.717) is 5.92 Å². The molecule has 1 nitrogen and oxygen atoms in total. The van der Waals surface area contributed by atoms with Crippen molar-refractivity contribution in [1.82, 2.24) is 0 Å². The molecule has 64 valence electrons. The van der Waals surface area contributed by atoms with Crippen LogP contribution in [0.2, 0.25) is 0 Å². The molecule has 1 aliphatic rings. The molecule has 1 N–H and O–H groups in total. The Kier molecular flexibility index (Phi) is 3.64. The molecule has 0 aliphatic heterocycles. The van der Waals surface area contributed by atoms with Gasteiger partial charge in [0.2, 0.25) is 0 Å². The summed E-state index contributed by atoms with van der Waals surface area (Å²) in [6, 6.07) is 0. The number of rotatable bonds is 4. The molecule has 0 spiro atoms. The minimum Gasteiger partial charge on any atom is -0.393 e. The summed E-state index contributed by atoms with van der Waals surface area (Å²) in [4.78, 5) is 0. The number of hydrogen-bond donors (Lipinski definition) is 1. The van der Waals surface area contributed by atoms with E-state index in [4.69, 9.17) is 0 Å². The molecule has 0 saturated heterocycles. The van der Waals surface area contributed by atoms with Crippen molar-refractivity contribution < 1.29 is 5.11 Å². The average Bonchev–Trinajstić information content (AvgIpc) is 2.37. The van der Waals surface area contributed by atoms with E-state index in [-0.39, 0.29) is 6.10 Å². The monoisotopic (exact) mass is 154 g/mol. The van der Waals surface area contributed by atoms with Crippen LogP contribution in [0.15, 0.2) is 12.7 Å². The zero-order chi connectivity index (χ0) is 8.10. The lowest BCUT2D eigenvalue weighted by Crippen LogP contribution is -2.12. The van der Waals surface area contributed by atoms with Gasteiger partial charge in [-0.2, -0.15) is 0 Å². The third-order valence-electron chi connectivity index (χ3n) is 2.60. The number of unbranched alkanes of at least 4 members (excludes halogenated alkanes) is 1. The van der Waals surface area contributed by atoms with E-state index in [1.807, 2.05) is 6.08 Å². The molecule has 11 heavy (non-hydrogen) atoms. The molecule has 1 heteroatoms. The third kappa shape index (κ3) is 2.66. The number of aliphatic hydroxyl groups excluding tert-OH is 1. The second kappa shape index (κ2) is 4.55. The largest absolute Gasteiger partial charge is 0.393 e. The van der Waals surface area contributed by atoms with Crippen molar-refractivity contribution in [1.29, 1.82) is 0 Å². The topological polar surface area (TPSA) is 20.2 Å². The van der Waals surface area contributed by atoms with Crippen LogP contribution in [0.25, 0.3) is 0 Å². The predicted molar refractivity (Wildman–Crippen MR) is 47.4 cm³/mol. The van der Waals surface area contributed by atoms with Gasteiger partial charge in [0.05, 0.1) is 6.10 Å². The molecule has 0 aromatic carbocycles. The maximum Gasteiger partial charge on any atom is 0.0568 e. The molecule has 0 aromatic rings. The lowest BCUT2D eigenvalue weighted by molar-refractivity contribution is 0.127. The van der Waals surface area contributed by atoms with E-state index in [2.05, 4.69) is 6.58 Å². The van der Waals surface area contributed by atoms with Gasteiger partial charge in [0.1, 0.15) is 0 Å². The summed E-state index contributed by atoms with van der Waals surface area (Å²) in [6.45, 7) is 3.68. The minimum absolute atomic E-state index is 0.000171. The predicted octanol–water partition coefficient (Wildman–Crippen LogP) is 2.50. The molecule has 0 heterocycles. The van der Waals surface area contributed by atoms with Crippen LogP contribution in [0.4, 0.5) is 0 Å². The molecule has 1 fully saturated rings. The summed E-state index contributed by atoms with van der Waals surface area (Å²) >= 11 is 0. The Morgan fingerprint density at radius 1 is 1.45 bits per heavy atom. The van der Waals surface area contributed by atoms with Gasteiger partial charge >= 0.3 is 0 Å². The van der Waals surface area contributed by atoms with Gasteiger partial charge in [0.25, 0.3) is 0 Å². The minimum atomic E-state index is -0.000171. The summed E-state index contributed by atoms with van der Waals surface area (Å²) in [5.74, 6) is 0.593. The van der Waals surface area contributed by atoms with Crippen molar-refractivity contribution in [3.63, 3.8) is 0 Å². The average molecular weight is 154 g/mol. The SMILES string of the molecule is C=CCCC[C@H]1CCC[C@H]1O. The molecule has 0 bridgehead atoms. The van der Waals surface area contributed by atoms with Gasteiger partial charge in [-0.15, -0.1) is 6.58 Å². The van der Waals surface area contributed by atoms with E-state index < -0.39 is 0 Å². The number of aliphatic hydroxyl groups is 1. The van der Waals surface area contributed by atoms with Crippen LogP contribution < -0.4 is 0 Å². The lowest BCUT2D eigenvalue weighted by atomic mass is 9.99. The van der Waals surface area contributed by atoms with Crippen molar-refractivity contribution in [3.8, 4) is 0 Å². The maximum atomic E-state index is 9.46. The fourth-order valence-corrected chi connectivity index (χ4v) is 1.88. The van der Waals surface area contributed by atoms with Crippen LogP contribution in [0.1, 0.15) is 38.5 Å². The van der Waals surface area contributed by atoms with Gasteiger partial charge in [0, 0.05) is 0 Å². The summed E-state index contributed by atoms with van der Waals surface area (Å²) in [7, 11) is 0. The highest BCUT2D eigenvalue weighted by Gasteiger charge is 2.23. The fraction of sp³-hybridized carbons (Fsp3) is 0.800. The highest BCUT2D eigenvalue weighted by Crippen LogP contribution is 2.29. The highest BCUT2D eigenvalue weighted by molar-refractivity contribution is 4.77. The molecular formula is C10H18O. The zero-order valence-electron chi connectivity index (χ0n) is 7.13. The molecule has 0 aromatic heterocycles. The fourth-order valence-electron chi connectivity index (χ4n) is 1.88. The highest BCUT2D eigenvalue weighted by atomic mass is 16.3. The third-order valence-corrected chi connectivity index (χ3v) is 2.60. The maximum absolute atomic E-state index is 9.46. The standard InChI is InChI=1S/C10H18O/c1-2-3-4-6-9-7-5-8-10(9)11/h2,9-11H,1,3-8H2/t9-,10+/m0/s1. The molecule has 0 unspecified atom stereocenters. The van der Waals surface area contributed by atoms with Crippen molar-refractivity contribution >= 4 is 0 Å². The number of hydrogen-bond acceptors (Lipinski definition) is 1. The molecule has 1 saturated carbocycles. The Morgan fingerprint density at radius 3 is 2.82 bits per heavy atom. The first-order valence-corrected chi connectivity index (χ1v) is 4.63. The smallest absolute Gasteiger partial charge is 0.0568 e. The second-order valence-electron chi connectivity index (χ2n) is 3.48. The quantitative estimate of drug-likeness (QED) is 0.487. The van der Waals surface area contributed by atoms with E-state index in [1.54, 1.807) is 0 Å². The van der Waals surface area contributed by atoms with Gasteiger partial charge in [-0.05, 0) is 38.0 Å². The van der Waals surface area contributed by atoms with Crippen LogP contribution in [-0.2, 0) is 0 Å². The molecule has 0 radical (unpaired) electrons. The Morgan fingerprint density at radius 2 is 2.27 bits per heavy atom. The summed E-state index contributed by atoms with van der Waals surface area (Å²) < 4.78 is 0. The first-order valence-electron chi connectivity index (χ1n) is 4.63. The Labute approximate surface area is 69.1 Å². The molecule has 2 atom stereocenters. The van der Waals surface area contributed by atoms with E-state index >= 15 is 0 Å². The summed E-state index contributed by atoms with van der Waals surface area (Å²) in [5.41, 5.74) is 0. The Bertz CT molecular complexity index is 120. The van der Waals surface area contributed by atoms with E-state index in [0.717, 1.165) is 12.8 Å². The van der Waals surface area contributed by atoms with Crippen LogP contribution in [0.5, 0.6) is 0 Å². The van der Waals surface area contributed by atoms with Crippen molar-refractivity contribution in [2.45, 2.75) is 44.6 Å². The summed E-state index contributed by atoms with van der Waals surface area (Å²) in [6.07, 6.45) is 8.93. The van der Waals surface area contributed by atoms with Crippen LogP contribution in [0, 0.1) is 5.92 Å². The van der Waals surface area contributed by atoms with Crippen LogP contribution in [-0.4, -0.2) is 11.2 Å². The van der Waals surface area contributed by atoms with Gasteiger partial charge in [-0.3, -0.25) is 0 Å². The van der Waals surface area contributed by atoms with Crippen LogP contribution >= 0.6 is 0 Å². The second-order valence-corrected chi connectivity index (χ2v) is 3.48. The van der Waals surface area contributed by atoms with E-state index in [1.165, 1.54) is 25.7 Å². The molecule has 0 amide bonds. The number of allylic oxidation sites excluding steroid dienone is 1. The van der Waals surface area contributed by atoms with Gasteiger partial charge in [0.15, 0.2) is 0 Å². The molecule has 1 aliphatic carbocycles. The molecular weight excluding hydrogens is 136 g/mol. The van der Waals surface area contributed by atoms with Crippen LogP contribution in [0.3, 0.4) is 0 Å². The first-order chi connectivity index (χ1) is 5.34. The lowest BCUT2D eigenvalue weighted by Gasteiger charge is -2.12. The van der Waals surface area contributed by atoms with Crippen molar-refractivity contribution in [2.75, 3.05) is 0 Å². The van der Waals surface area contributed by atoms with Crippen molar-refractivity contribution in [2.24, 2.45) is 5.92 Å². The van der Waals surface area contributed by atoms with Gasteiger partial charge < -0.3 is 5.11 Å². The van der Waals surface area contributed by atoms with Crippen molar-refractivity contribution in [3.05, 3.63) is 12.7 Å². The molecule has 1 rings (SSSR count). The zero-order valence-corrected chi connectivity index (χ0v) is 7.13. The van der Waals surface area contributed by atoms with Gasteiger partial charge in [-0.1, -0.05) is 12.5 Å².